The smallest absolute Gasteiger partial charge is 0.125 e. The number of pyridine rings is 1. The van der Waals surface area contributed by atoms with Gasteiger partial charge in [-0.1, -0.05) is 19.8 Å². The molecule has 90 valence electrons. The molecule has 0 radical (unpaired) electrons. The molecule has 1 rings (SSSR count). The monoisotopic (exact) mass is 221 g/mol. The molecule has 0 aromatic carbocycles. The molecule has 16 heavy (non-hydrogen) atoms. The molecule has 0 atom stereocenters. The predicted octanol–water partition coefficient (Wildman–Crippen LogP) is 2.75. The minimum Gasteiger partial charge on any atom is -0.373 e. The molecule has 0 aliphatic rings. The van der Waals surface area contributed by atoms with E-state index in [1.165, 1.54) is 31.4 Å². The van der Waals surface area contributed by atoms with E-state index in [2.05, 4.69) is 41.3 Å². The zero-order valence-electron chi connectivity index (χ0n) is 10.7. The Morgan fingerprint density at radius 1 is 1.38 bits per heavy atom. The largest absolute Gasteiger partial charge is 0.373 e. The summed E-state index contributed by atoms with van der Waals surface area (Å²) in [5.74, 6) is 0.944. The Labute approximate surface area is 98.9 Å². The molecule has 3 nitrogen and oxygen atoms in total. The number of aromatic nitrogens is 1. The summed E-state index contributed by atoms with van der Waals surface area (Å²) >= 11 is 0. The van der Waals surface area contributed by atoms with Crippen molar-refractivity contribution >= 4 is 5.82 Å². The molecule has 0 fully saturated rings. The summed E-state index contributed by atoms with van der Waals surface area (Å²) in [6.45, 7) is 4.41. The maximum absolute atomic E-state index is 4.21. The first-order valence-corrected chi connectivity index (χ1v) is 6.07. The standard InChI is InChI=1S/C13H23N3/c1-4-5-6-9-16(3)11-12-7-8-15-13(10-12)14-2/h7-8,10H,4-6,9,11H2,1-3H3,(H,14,15). The molecular weight excluding hydrogens is 198 g/mol. The third-order valence-electron chi connectivity index (χ3n) is 2.68. The van der Waals surface area contributed by atoms with Gasteiger partial charge in [-0.3, -0.25) is 0 Å². The molecule has 1 heterocycles. The van der Waals surface area contributed by atoms with Crippen molar-refractivity contribution in [3.63, 3.8) is 0 Å². The van der Waals surface area contributed by atoms with Gasteiger partial charge in [0.15, 0.2) is 0 Å². The highest BCUT2D eigenvalue weighted by atomic mass is 15.1. The Kier molecular flexibility index (Phi) is 5.86. The Bertz CT molecular complexity index is 299. The molecule has 0 unspecified atom stereocenters. The van der Waals surface area contributed by atoms with Crippen molar-refractivity contribution in [2.75, 3.05) is 26.0 Å². The molecule has 0 saturated carbocycles. The first-order chi connectivity index (χ1) is 7.76. The summed E-state index contributed by atoms with van der Waals surface area (Å²) in [7, 11) is 4.08. The minimum atomic E-state index is 0.944. The molecule has 1 aromatic heterocycles. The van der Waals surface area contributed by atoms with E-state index in [1.807, 2.05) is 13.2 Å². The third kappa shape index (κ3) is 4.62. The Morgan fingerprint density at radius 3 is 2.88 bits per heavy atom. The van der Waals surface area contributed by atoms with Crippen LogP contribution >= 0.6 is 0 Å². The summed E-state index contributed by atoms with van der Waals surface area (Å²) in [4.78, 5) is 6.58. The number of hydrogen-bond donors (Lipinski definition) is 1. The van der Waals surface area contributed by atoms with Crippen molar-refractivity contribution in [3.05, 3.63) is 23.9 Å². The Balaban J connectivity index is 2.39. The van der Waals surface area contributed by atoms with Crippen LogP contribution in [0.1, 0.15) is 31.7 Å². The van der Waals surface area contributed by atoms with Crippen molar-refractivity contribution in [2.45, 2.75) is 32.7 Å². The summed E-state index contributed by atoms with van der Waals surface area (Å²) in [5, 5.41) is 3.06. The fourth-order valence-electron chi connectivity index (χ4n) is 1.73. The van der Waals surface area contributed by atoms with Crippen molar-refractivity contribution in [2.24, 2.45) is 0 Å². The topological polar surface area (TPSA) is 28.2 Å². The van der Waals surface area contributed by atoms with Crippen molar-refractivity contribution < 1.29 is 0 Å². The number of anilines is 1. The summed E-state index contributed by atoms with van der Waals surface area (Å²) < 4.78 is 0. The lowest BCUT2D eigenvalue weighted by atomic mass is 10.2. The lowest BCUT2D eigenvalue weighted by molar-refractivity contribution is 0.318. The van der Waals surface area contributed by atoms with Crippen LogP contribution in [0.4, 0.5) is 5.82 Å². The lowest BCUT2D eigenvalue weighted by Gasteiger charge is -2.16. The van der Waals surface area contributed by atoms with Gasteiger partial charge < -0.3 is 10.2 Å². The second kappa shape index (κ2) is 7.23. The fraction of sp³-hybridized carbons (Fsp3) is 0.615. The van der Waals surface area contributed by atoms with Gasteiger partial charge in [0.1, 0.15) is 5.82 Å². The summed E-state index contributed by atoms with van der Waals surface area (Å²) in [5.41, 5.74) is 1.32. The molecule has 0 spiro atoms. The average Bonchev–Trinajstić information content (AvgIpc) is 2.29. The maximum Gasteiger partial charge on any atom is 0.125 e. The first-order valence-electron chi connectivity index (χ1n) is 6.07. The third-order valence-corrected chi connectivity index (χ3v) is 2.68. The van der Waals surface area contributed by atoms with Gasteiger partial charge in [0.05, 0.1) is 0 Å². The lowest BCUT2D eigenvalue weighted by Crippen LogP contribution is -2.19. The average molecular weight is 221 g/mol. The summed E-state index contributed by atoms with van der Waals surface area (Å²) in [6.07, 6.45) is 5.76. The molecule has 0 saturated heterocycles. The predicted molar refractivity (Wildman–Crippen MR) is 69.6 cm³/mol. The van der Waals surface area contributed by atoms with E-state index in [4.69, 9.17) is 0 Å². The van der Waals surface area contributed by atoms with Gasteiger partial charge >= 0.3 is 0 Å². The number of hydrogen-bond acceptors (Lipinski definition) is 3. The minimum absolute atomic E-state index is 0.944. The van der Waals surface area contributed by atoms with E-state index in [0.29, 0.717) is 0 Å². The van der Waals surface area contributed by atoms with Gasteiger partial charge in [-0.15, -0.1) is 0 Å². The van der Waals surface area contributed by atoms with Crippen LogP contribution in [0.3, 0.4) is 0 Å². The molecular formula is C13H23N3. The SMILES string of the molecule is CCCCCN(C)Cc1ccnc(NC)c1. The number of unbranched alkanes of at least 4 members (excludes halogenated alkanes) is 2. The highest BCUT2D eigenvalue weighted by Gasteiger charge is 2.01. The highest BCUT2D eigenvalue weighted by molar-refractivity contribution is 5.36. The molecule has 1 aromatic rings. The molecule has 3 heteroatoms. The van der Waals surface area contributed by atoms with Gasteiger partial charge in [-0.05, 0) is 37.7 Å². The zero-order valence-corrected chi connectivity index (χ0v) is 10.7. The number of rotatable bonds is 7. The second-order valence-electron chi connectivity index (χ2n) is 4.24. The van der Waals surface area contributed by atoms with Crippen molar-refractivity contribution in [3.8, 4) is 0 Å². The van der Waals surface area contributed by atoms with Crippen molar-refractivity contribution in [1.82, 2.24) is 9.88 Å². The van der Waals surface area contributed by atoms with E-state index in [-0.39, 0.29) is 0 Å². The fourth-order valence-corrected chi connectivity index (χ4v) is 1.73. The van der Waals surface area contributed by atoms with Crippen LogP contribution in [0, 0.1) is 0 Å². The van der Waals surface area contributed by atoms with E-state index < -0.39 is 0 Å². The molecule has 0 amide bonds. The Hall–Kier alpha value is -1.09. The van der Waals surface area contributed by atoms with Gasteiger partial charge in [-0.2, -0.15) is 0 Å². The van der Waals surface area contributed by atoms with Gasteiger partial charge in [-0.25, -0.2) is 4.98 Å². The van der Waals surface area contributed by atoms with Crippen LogP contribution < -0.4 is 5.32 Å². The van der Waals surface area contributed by atoms with E-state index in [9.17, 15) is 0 Å². The molecule has 0 aliphatic carbocycles. The number of nitrogens with one attached hydrogen (secondary N) is 1. The molecule has 1 N–H and O–H groups in total. The van der Waals surface area contributed by atoms with Crippen LogP contribution in [-0.2, 0) is 6.54 Å². The van der Waals surface area contributed by atoms with Crippen LogP contribution in [0.2, 0.25) is 0 Å². The van der Waals surface area contributed by atoms with Crippen LogP contribution in [0.25, 0.3) is 0 Å². The van der Waals surface area contributed by atoms with E-state index in [1.54, 1.807) is 0 Å². The molecule has 0 aliphatic heterocycles. The van der Waals surface area contributed by atoms with E-state index in [0.717, 1.165) is 12.4 Å². The van der Waals surface area contributed by atoms with Gasteiger partial charge in [0, 0.05) is 19.8 Å². The van der Waals surface area contributed by atoms with Gasteiger partial charge in [0.2, 0.25) is 0 Å². The normalized spacial score (nSPS) is 10.8. The number of nitrogens with zero attached hydrogens (tertiary/aromatic N) is 2. The van der Waals surface area contributed by atoms with Crippen LogP contribution in [0.5, 0.6) is 0 Å². The van der Waals surface area contributed by atoms with E-state index >= 15 is 0 Å². The van der Waals surface area contributed by atoms with Gasteiger partial charge in [0.25, 0.3) is 0 Å². The Morgan fingerprint density at radius 2 is 2.19 bits per heavy atom. The quantitative estimate of drug-likeness (QED) is 0.718. The second-order valence-corrected chi connectivity index (χ2v) is 4.24. The highest BCUT2D eigenvalue weighted by Crippen LogP contribution is 2.08. The maximum atomic E-state index is 4.21. The summed E-state index contributed by atoms with van der Waals surface area (Å²) in [6, 6.07) is 4.19. The van der Waals surface area contributed by atoms with Crippen LogP contribution in [0.15, 0.2) is 18.3 Å². The zero-order chi connectivity index (χ0) is 11.8. The molecule has 0 bridgehead atoms. The van der Waals surface area contributed by atoms with Crippen molar-refractivity contribution in [1.29, 1.82) is 0 Å². The first kappa shape index (κ1) is 13.0. The van der Waals surface area contributed by atoms with Crippen LogP contribution in [-0.4, -0.2) is 30.5 Å².